The maximum atomic E-state index is 15.8. The van der Waals surface area contributed by atoms with E-state index in [9.17, 15) is 40.7 Å². The van der Waals surface area contributed by atoms with Crippen molar-refractivity contribution in [3.63, 3.8) is 0 Å². The van der Waals surface area contributed by atoms with Gasteiger partial charge in [-0.15, -0.1) is 24.8 Å². The molecule has 109 heavy (non-hydrogen) atoms. The van der Waals surface area contributed by atoms with Gasteiger partial charge in [-0.25, -0.2) is 0 Å². The lowest BCUT2D eigenvalue weighted by Crippen LogP contribution is -2.65. The lowest BCUT2D eigenvalue weighted by molar-refractivity contribution is -0.345. The number of morpholine rings is 1. The molecule has 4 saturated carbocycles. The molecule has 8 aliphatic rings. The first-order valence-corrected chi connectivity index (χ1v) is 40.2. The van der Waals surface area contributed by atoms with Crippen LogP contribution in [-0.2, 0) is 67.0 Å². The lowest BCUT2D eigenvalue weighted by Gasteiger charge is -2.42. The molecule has 4 aliphatic carbocycles. The number of rotatable bonds is 12. The molecule has 8 rings (SSSR count). The Balaban J connectivity index is 1.19. The molecule has 0 radical (unpaired) electrons. The minimum absolute atomic E-state index is 0.00682. The molecule has 12 amide bonds. The number of nitrogens with zero attached hydrogens (tertiary/aromatic N) is 9. The van der Waals surface area contributed by atoms with Crippen LogP contribution in [0, 0.1) is 35.5 Å². The number of fused-ring (bicyclic) bond motifs is 3. The maximum Gasteiger partial charge on any atom is 0.522 e. The molecule has 33 heteroatoms. The minimum atomic E-state index is -4.90. The van der Waals surface area contributed by atoms with Gasteiger partial charge in [-0.2, -0.15) is 13.2 Å². The van der Waals surface area contributed by atoms with E-state index in [1.54, 1.807) is 13.8 Å². The molecule has 8 fully saturated rings. The third kappa shape index (κ3) is 22.4. The molecule has 2 bridgehead atoms. The summed E-state index contributed by atoms with van der Waals surface area (Å²) in [6.07, 6.45) is -5.27. The van der Waals surface area contributed by atoms with Crippen molar-refractivity contribution < 1.29 is 93.4 Å². The van der Waals surface area contributed by atoms with Crippen LogP contribution >= 0.6 is 11.6 Å². The van der Waals surface area contributed by atoms with Crippen molar-refractivity contribution in [1.29, 1.82) is 0 Å². The topological polar surface area (TPSA) is 289 Å². The Morgan fingerprint density at radius 3 is 1.83 bits per heavy atom. The second kappa shape index (κ2) is 38.8. The molecule has 0 aromatic rings. The summed E-state index contributed by atoms with van der Waals surface area (Å²) in [6.45, 7) is 6.51. The fourth-order valence-electron chi connectivity index (χ4n) is 18.0. The second-order valence-corrected chi connectivity index (χ2v) is 33.4. The van der Waals surface area contributed by atoms with E-state index in [2.05, 4.69) is 20.7 Å². The van der Waals surface area contributed by atoms with E-state index in [4.69, 9.17) is 16.3 Å². The molecule has 1 spiro atoms. The van der Waals surface area contributed by atoms with E-state index in [1.807, 2.05) is 13.8 Å². The van der Waals surface area contributed by atoms with Crippen molar-refractivity contribution in [2.45, 2.75) is 279 Å². The first-order chi connectivity index (χ1) is 51.4. The zero-order chi connectivity index (χ0) is 80.1. The number of carbonyl (C=O) groups is 12. The van der Waals surface area contributed by atoms with Crippen LogP contribution in [0.1, 0.15) is 201 Å². The Hall–Kier alpha value is -6.57. The summed E-state index contributed by atoms with van der Waals surface area (Å²) in [6, 6.07) is -10.5. The van der Waals surface area contributed by atoms with Crippen LogP contribution in [0.3, 0.4) is 0 Å². The van der Waals surface area contributed by atoms with Gasteiger partial charge in [0.2, 0.25) is 70.9 Å². The normalized spacial score (nSPS) is 31.3. The van der Waals surface area contributed by atoms with Gasteiger partial charge < -0.3 is 64.8 Å². The van der Waals surface area contributed by atoms with E-state index < -0.39 is 198 Å². The van der Waals surface area contributed by atoms with Crippen LogP contribution in [-0.4, -0.2) is 288 Å². The Morgan fingerprint density at radius 2 is 1.21 bits per heavy atom. The number of nitrogens with one attached hydrogen (secondary N) is 3. The van der Waals surface area contributed by atoms with Crippen LogP contribution in [0.25, 0.3) is 0 Å². The largest absolute Gasteiger partial charge is 0.522 e. The molecule has 0 aromatic carbocycles. The van der Waals surface area contributed by atoms with Crippen molar-refractivity contribution in [2.75, 3.05) is 94.8 Å². The van der Waals surface area contributed by atoms with Crippen LogP contribution in [0.2, 0.25) is 0 Å². The number of ether oxygens (including phenoxy) is 2. The molecule has 0 aromatic heterocycles. The standard InChI is InChI=1S/C76H119ClF6N12O14/c1-11-47(4)63-71(105)88(6)45-62(98)89(7)56-22-13-12-18-34-95(70(56)104)59(42-49-24-28-51(29-25-49)109-76(81,82)83)68(102)87(5)44-60(96)84-54(31-27-48-26-30-52(53(77)41-48)75(78,79)80)67(101)94-35-19-23-55(94)66(100)86-74(32-16-17-33-74)73(107)92(10)64(50-20-14-15-21-50)72(106)91(9)58(69(103)93-36-38-108-39-37-93)43-61(97)90(8)57(40-46(2)3)65(99)85-63/h46-59,63-64H,11-45H2,1-10H3,(H,84,96)(H,85,99)(H,86,100)/t47-,48?,49?,51?,52?,53?,54-,55-,56-,57-,58-,59-,63-,64-/m0/s1. The molecule has 4 heterocycles. The molecule has 3 unspecified atom stereocenters. The average Bonchev–Trinajstić information content (AvgIpc) is 1.72. The highest BCUT2D eigenvalue weighted by molar-refractivity contribution is 6.21. The van der Waals surface area contributed by atoms with E-state index in [1.165, 1.54) is 76.6 Å². The average molecular weight is 1570 g/mol. The van der Waals surface area contributed by atoms with E-state index >= 15 is 43.2 Å². The summed E-state index contributed by atoms with van der Waals surface area (Å²) in [4.78, 5) is 194. The fraction of sp³-hybridized carbons (Fsp3) is 0.842. The third-order valence-corrected chi connectivity index (χ3v) is 25.2. The van der Waals surface area contributed by atoms with Crippen LogP contribution in [0.5, 0.6) is 0 Å². The highest BCUT2D eigenvalue weighted by Gasteiger charge is 2.53. The molecular weight excluding hydrogens is 1450 g/mol. The molecule has 26 nitrogen and oxygen atoms in total. The second-order valence-electron chi connectivity index (χ2n) is 32.8. The van der Waals surface area contributed by atoms with Crippen molar-refractivity contribution >= 4 is 82.5 Å². The smallest absolute Gasteiger partial charge is 0.378 e. The maximum absolute atomic E-state index is 15.8. The Kier molecular flexibility index (Phi) is 31.3. The summed E-state index contributed by atoms with van der Waals surface area (Å²) in [5.74, 6) is -12.2. The van der Waals surface area contributed by atoms with Crippen LogP contribution in [0.15, 0.2) is 0 Å². The molecule has 616 valence electrons. The van der Waals surface area contributed by atoms with Crippen LogP contribution in [0.4, 0.5) is 26.3 Å². The predicted octanol–water partition coefficient (Wildman–Crippen LogP) is 6.77. The number of carbonyl (C=O) groups excluding carboxylic acids is 12. The number of likely N-dealkylation sites (N-methyl/N-ethyl adjacent to an activating group) is 6. The van der Waals surface area contributed by atoms with Gasteiger partial charge in [0, 0.05) is 73.8 Å². The van der Waals surface area contributed by atoms with Gasteiger partial charge in [0.05, 0.1) is 44.7 Å². The monoisotopic (exact) mass is 1570 g/mol. The van der Waals surface area contributed by atoms with Gasteiger partial charge in [0.1, 0.15) is 53.9 Å². The predicted molar refractivity (Wildman–Crippen MR) is 390 cm³/mol. The first-order valence-electron chi connectivity index (χ1n) is 39.8. The molecule has 4 saturated heterocycles. The molecule has 3 N–H and O–H groups in total. The zero-order valence-electron chi connectivity index (χ0n) is 65.4. The lowest BCUT2D eigenvalue weighted by atomic mass is 9.78. The summed E-state index contributed by atoms with van der Waals surface area (Å²) < 4.78 is 92.8. The van der Waals surface area contributed by atoms with Crippen molar-refractivity contribution in [1.82, 2.24) is 60.0 Å². The SMILES string of the molecule is CC[C@H](C)[C@@H]1NC(=O)[C@H](CC(C)C)N(C)C(=O)C[C@@H](C(=O)N2CCOCC2)N(C)C(=O)[C@H](C2CCCC2)N(C)C(=O)C2(CCCC2)NC(=O)[C@@H]2CCCN2C(=O)[C@H](CCC2CCC(C(F)(F)F)C(Cl)C2)NC(=O)CN(C)C(=O)[C@H](CC2CCC(OC(F)(F)F)CC2)N2CCCCC[C@@H](C2=O)N(C)C(=O)CN(C)C1=O. The van der Waals surface area contributed by atoms with Gasteiger partial charge in [-0.3, -0.25) is 62.3 Å². The first kappa shape index (κ1) is 88.0. The number of halogens is 7. The quantitative estimate of drug-likeness (QED) is 0.134. The third-order valence-electron chi connectivity index (χ3n) is 24.8. The Labute approximate surface area is 642 Å². The fourth-order valence-corrected chi connectivity index (χ4v) is 18.5. The Bertz CT molecular complexity index is 3200. The van der Waals surface area contributed by atoms with E-state index in [-0.39, 0.29) is 142 Å². The van der Waals surface area contributed by atoms with Crippen molar-refractivity contribution in [2.24, 2.45) is 35.5 Å². The van der Waals surface area contributed by atoms with Gasteiger partial charge >= 0.3 is 12.5 Å². The van der Waals surface area contributed by atoms with E-state index in [0.717, 1.165) is 9.80 Å². The van der Waals surface area contributed by atoms with Crippen molar-refractivity contribution in [3.05, 3.63) is 0 Å². The summed E-state index contributed by atoms with van der Waals surface area (Å²) in [5.41, 5.74) is -1.61. The number of alkyl halides is 7. The number of amides is 12. The minimum Gasteiger partial charge on any atom is -0.378 e. The van der Waals surface area contributed by atoms with Crippen molar-refractivity contribution in [3.8, 4) is 0 Å². The number of hydrogen-bond donors (Lipinski definition) is 3. The number of hydrogen-bond acceptors (Lipinski definition) is 14. The molecule has 4 aliphatic heterocycles. The molecular formula is C76H119ClF6N12O14. The van der Waals surface area contributed by atoms with Gasteiger partial charge in [0.15, 0.2) is 0 Å². The van der Waals surface area contributed by atoms with Gasteiger partial charge in [0.25, 0.3) is 0 Å². The summed E-state index contributed by atoms with van der Waals surface area (Å²) >= 11 is 6.42. The highest BCUT2D eigenvalue weighted by Crippen LogP contribution is 2.44. The Morgan fingerprint density at radius 1 is 0.596 bits per heavy atom. The highest BCUT2D eigenvalue weighted by atomic mass is 35.5. The summed E-state index contributed by atoms with van der Waals surface area (Å²) in [7, 11) is 8.39. The van der Waals surface area contributed by atoms with Gasteiger partial charge in [-0.05, 0) is 152 Å². The molecule has 12 atom stereocenters. The van der Waals surface area contributed by atoms with Gasteiger partial charge in [-0.1, -0.05) is 72.6 Å². The van der Waals surface area contributed by atoms with E-state index in [0.29, 0.717) is 70.6 Å². The zero-order valence-corrected chi connectivity index (χ0v) is 66.1. The van der Waals surface area contributed by atoms with Crippen LogP contribution < -0.4 is 16.0 Å². The summed E-state index contributed by atoms with van der Waals surface area (Å²) in [5, 5.41) is 7.49.